The number of guanidine groups is 1. The predicted octanol–water partition coefficient (Wildman–Crippen LogP) is 4.19. The lowest BCUT2D eigenvalue weighted by Crippen LogP contribution is -2.40. The van der Waals surface area contributed by atoms with E-state index in [2.05, 4.69) is 20.4 Å². The molecule has 2 rings (SSSR count). The Labute approximate surface area is 194 Å². The molecular weight excluding hydrogens is 541 g/mol. The SMILES string of the molecule is CCNC(=NCc1ccc(OCC(F)(F)F)cc1)NCC1CCN(CC(F)(F)F)C1.I. The fourth-order valence-electron chi connectivity index (χ4n) is 3.09. The van der Waals surface area contributed by atoms with Crippen molar-refractivity contribution in [2.45, 2.75) is 32.2 Å². The maximum atomic E-state index is 12.5. The molecule has 0 spiro atoms. The number of rotatable bonds is 8. The molecule has 1 atom stereocenters. The summed E-state index contributed by atoms with van der Waals surface area (Å²) in [6.07, 6.45) is -7.90. The maximum Gasteiger partial charge on any atom is 0.422 e. The van der Waals surface area contributed by atoms with Gasteiger partial charge in [0.15, 0.2) is 12.6 Å². The first-order valence-corrected chi connectivity index (χ1v) is 9.64. The Bertz CT molecular complexity index is 681. The number of ether oxygens (including phenoxy) is 1. The zero-order valence-corrected chi connectivity index (χ0v) is 19.4. The largest absolute Gasteiger partial charge is 0.484 e. The first-order chi connectivity index (χ1) is 14.0. The van der Waals surface area contributed by atoms with Gasteiger partial charge < -0.3 is 15.4 Å². The number of alkyl halides is 6. The Kier molecular flexibility index (Phi) is 11.2. The highest BCUT2D eigenvalue weighted by atomic mass is 127. The number of nitrogens with zero attached hydrogens (tertiary/aromatic N) is 2. The van der Waals surface area contributed by atoms with Crippen molar-refractivity contribution in [3.63, 3.8) is 0 Å². The number of nitrogens with one attached hydrogen (secondary N) is 2. The summed E-state index contributed by atoms with van der Waals surface area (Å²) in [4.78, 5) is 5.82. The molecule has 1 saturated heterocycles. The number of halogens is 7. The van der Waals surface area contributed by atoms with Crippen LogP contribution in [0.25, 0.3) is 0 Å². The van der Waals surface area contributed by atoms with Gasteiger partial charge in [0.05, 0.1) is 13.1 Å². The molecule has 1 aromatic carbocycles. The summed E-state index contributed by atoms with van der Waals surface area (Å²) in [6.45, 7) is 1.87. The topological polar surface area (TPSA) is 48.9 Å². The van der Waals surface area contributed by atoms with Crippen LogP contribution in [-0.4, -0.2) is 62.5 Å². The van der Waals surface area contributed by atoms with Gasteiger partial charge >= 0.3 is 12.4 Å². The van der Waals surface area contributed by atoms with E-state index in [4.69, 9.17) is 0 Å². The van der Waals surface area contributed by atoms with Crippen molar-refractivity contribution >= 4 is 29.9 Å². The van der Waals surface area contributed by atoms with Gasteiger partial charge in [-0.3, -0.25) is 4.90 Å². The predicted molar refractivity (Wildman–Crippen MR) is 117 cm³/mol. The molecule has 5 nitrogen and oxygen atoms in total. The normalized spacial score (nSPS) is 17.9. The second-order valence-corrected chi connectivity index (χ2v) is 7.13. The summed E-state index contributed by atoms with van der Waals surface area (Å²) in [6, 6.07) is 6.16. The molecule has 1 heterocycles. The van der Waals surface area contributed by atoms with E-state index < -0.39 is 25.5 Å². The maximum absolute atomic E-state index is 12.5. The van der Waals surface area contributed by atoms with Crippen LogP contribution < -0.4 is 15.4 Å². The van der Waals surface area contributed by atoms with E-state index in [-0.39, 0.29) is 35.6 Å². The van der Waals surface area contributed by atoms with E-state index in [0.717, 1.165) is 5.56 Å². The summed E-state index contributed by atoms with van der Waals surface area (Å²) < 4.78 is 78.6. The van der Waals surface area contributed by atoms with Crippen LogP contribution in [0.3, 0.4) is 0 Å². The highest BCUT2D eigenvalue weighted by molar-refractivity contribution is 14.0. The van der Waals surface area contributed by atoms with Crippen molar-refractivity contribution in [2.24, 2.45) is 10.9 Å². The Morgan fingerprint density at radius 3 is 2.35 bits per heavy atom. The van der Waals surface area contributed by atoms with Gasteiger partial charge in [-0.2, -0.15) is 26.3 Å². The van der Waals surface area contributed by atoms with Crippen LogP contribution in [0.4, 0.5) is 26.3 Å². The highest BCUT2D eigenvalue weighted by Gasteiger charge is 2.34. The van der Waals surface area contributed by atoms with Crippen LogP contribution in [0.5, 0.6) is 5.75 Å². The van der Waals surface area contributed by atoms with Crippen molar-refractivity contribution in [3.8, 4) is 5.75 Å². The minimum Gasteiger partial charge on any atom is -0.484 e. The van der Waals surface area contributed by atoms with Gasteiger partial charge in [0.25, 0.3) is 0 Å². The van der Waals surface area contributed by atoms with E-state index in [1.165, 1.54) is 17.0 Å². The molecule has 0 amide bonds. The lowest BCUT2D eigenvalue weighted by molar-refractivity contribution is -0.153. The van der Waals surface area contributed by atoms with Gasteiger partial charge in [0, 0.05) is 19.6 Å². The van der Waals surface area contributed by atoms with E-state index >= 15 is 0 Å². The quantitative estimate of drug-likeness (QED) is 0.214. The molecule has 0 aliphatic carbocycles. The highest BCUT2D eigenvalue weighted by Crippen LogP contribution is 2.22. The van der Waals surface area contributed by atoms with Crippen molar-refractivity contribution in [3.05, 3.63) is 29.8 Å². The third-order valence-corrected chi connectivity index (χ3v) is 4.42. The molecule has 1 fully saturated rings. The van der Waals surface area contributed by atoms with Crippen molar-refractivity contribution < 1.29 is 31.1 Å². The van der Waals surface area contributed by atoms with E-state index in [9.17, 15) is 26.3 Å². The molecule has 0 bridgehead atoms. The molecule has 12 heteroatoms. The van der Waals surface area contributed by atoms with E-state index in [1.807, 2.05) is 6.92 Å². The Morgan fingerprint density at radius 1 is 1.10 bits per heavy atom. The second kappa shape index (κ2) is 12.6. The van der Waals surface area contributed by atoms with E-state index in [0.29, 0.717) is 45.1 Å². The van der Waals surface area contributed by atoms with Crippen molar-refractivity contribution in [1.29, 1.82) is 0 Å². The summed E-state index contributed by atoms with van der Waals surface area (Å²) >= 11 is 0. The third kappa shape index (κ3) is 11.7. The fourth-order valence-corrected chi connectivity index (χ4v) is 3.09. The third-order valence-electron chi connectivity index (χ3n) is 4.42. The summed E-state index contributed by atoms with van der Waals surface area (Å²) in [5.41, 5.74) is 0.781. The average Bonchev–Trinajstić information content (AvgIpc) is 3.08. The average molecular weight is 568 g/mol. The zero-order valence-electron chi connectivity index (χ0n) is 17.0. The molecule has 0 radical (unpaired) electrons. The smallest absolute Gasteiger partial charge is 0.422 e. The lowest BCUT2D eigenvalue weighted by atomic mass is 10.1. The van der Waals surface area contributed by atoms with Gasteiger partial charge in [0.1, 0.15) is 5.75 Å². The standard InChI is InChI=1S/C19H26F6N4O.HI/c1-2-26-17(28-10-15-7-8-29(11-15)12-18(20,21)22)27-9-14-3-5-16(6-4-14)30-13-19(23,24)25;/h3-6,15H,2,7-13H2,1H3,(H2,26,27,28);1H. The van der Waals surface area contributed by atoms with Crippen molar-refractivity contribution in [2.75, 3.05) is 39.3 Å². The Balaban J connectivity index is 0.00000480. The minimum absolute atomic E-state index is 0. The number of benzene rings is 1. The van der Waals surface area contributed by atoms with Gasteiger partial charge in [-0.1, -0.05) is 12.1 Å². The van der Waals surface area contributed by atoms with Gasteiger partial charge in [0.2, 0.25) is 0 Å². The molecule has 1 aromatic rings. The molecule has 1 aliphatic rings. The molecule has 1 unspecified atom stereocenters. The molecule has 0 saturated carbocycles. The molecule has 178 valence electrons. The molecular formula is C19H27F6IN4O. The van der Waals surface area contributed by atoms with Gasteiger partial charge in [-0.25, -0.2) is 4.99 Å². The van der Waals surface area contributed by atoms with E-state index in [1.54, 1.807) is 12.1 Å². The first-order valence-electron chi connectivity index (χ1n) is 9.64. The summed E-state index contributed by atoms with van der Waals surface area (Å²) in [5, 5.41) is 6.22. The van der Waals surface area contributed by atoms with Crippen LogP contribution in [0.15, 0.2) is 29.3 Å². The van der Waals surface area contributed by atoms with Gasteiger partial charge in [-0.15, -0.1) is 24.0 Å². The monoisotopic (exact) mass is 568 g/mol. The van der Waals surface area contributed by atoms with Crippen LogP contribution in [0.2, 0.25) is 0 Å². The summed E-state index contributed by atoms with van der Waals surface area (Å²) in [5.74, 6) is 0.750. The van der Waals surface area contributed by atoms with Crippen LogP contribution in [-0.2, 0) is 6.54 Å². The first kappa shape index (κ1) is 27.6. The van der Waals surface area contributed by atoms with Gasteiger partial charge in [-0.05, 0) is 43.5 Å². The molecule has 2 N–H and O–H groups in total. The minimum atomic E-state index is -4.39. The van der Waals surface area contributed by atoms with Crippen molar-refractivity contribution in [1.82, 2.24) is 15.5 Å². The zero-order chi connectivity index (χ0) is 22.2. The lowest BCUT2D eigenvalue weighted by Gasteiger charge is -2.18. The van der Waals surface area contributed by atoms with Crippen LogP contribution in [0, 0.1) is 5.92 Å². The Morgan fingerprint density at radius 2 is 1.77 bits per heavy atom. The molecule has 0 aromatic heterocycles. The number of hydrogen-bond donors (Lipinski definition) is 2. The van der Waals surface area contributed by atoms with Crippen LogP contribution >= 0.6 is 24.0 Å². The fraction of sp³-hybridized carbons (Fsp3) is 0.632. The molecule has 1 aliphatic heterocycles. The summed E-state index contributed by atoms with van der Waals surface area (Å²) in [7, 11) is 0. The Hall–Kier alpha value is -1.44. The number of hydrogen-bond acceptors (Lipinski definition) is 3. The number of likely N-dealkylation sites (tertiary alicyclic amines) is 1. The second-order valence-electron chi connectivity index (χ2n) is 7.13. The molecule has 31 heavy (non-hydrogen) atoms. The van der Waals surface area contributed by atoms with Crippen LogP contribution in [0.1, 0.15) is 18.9 Å². The number of aliphatic imine (C=N–C) groups is 1.